The van der Waals surface area contributed by atoms with Gasteiger partial charge in [-0.15, -0.1) is 0 Å². The predicted molar refractivity (Wildman–Crippen MR) is 35.0 cm³/mol. The lowest BCUT2D eigenvalue weighted by Gasteiger charge is -2.28. The Kier molecular flexibility index (Phi) is 2.45. The fourth-order valence-electron chi connectivity index (χ4n) is 1.07. The van der Waals surface area contributed by atoms with Crippen molar-refractivity contribution in [2.75, 3.05) is 19.8 Å². The zero-order chi connectivity index (χ0) is 6.69. The van der Waals surface area contributed by atoms with Crippen molar-refractivity contribution in [2.45, 2.75) is 6.92 Å². The molecule has 0 aromatic carbocycles. The van der Waals surface area contributed by atoms with Crippen LogP contribution in [0, 0.1) is 12.6 Å². The Morgan fingerprint density at radius 3 is 3.00 bits per heavy atom. The predicted octanol–water partition coefficient (Wildman–Crippen LogP) is -0.0230. The Labute approximate surface area is 55.7 Å². The van der Waals surface area contributed by atoms with Gasteiger partial charge in [0.05, 0.1) is 6.67 Å². The van der Waals surface area contributed by atoms with E-state index in [4.69, 9.17) is 5.11 Å². The molecule has 0 bridgehead atoms. The summed E-state index contributed by atoms with van der Waals surface area (Å²) in [4.78, 5) is 1.86. The molecule has 1 rings (SSSR count). The number of hydrogen-bond donors (Lipinski definition) is 2. The zero-order valence-electron chi connectivity index (χ0n) is 5.67. The van der Waals surface area contributed by atoms with Gasteiger partial charge in [0.15, 0.2) is 0 Å². The van der Waals surface area contributed by atoms with Crippen LogP contribution in [0.5, 0.6) is 0 Å². The molecule has 53 valence electrons. The summed E-state index contributed by atoms with van der Waals surface area (Å²) in [7, 11) is 0. The monoisotopic (exact) mass is 129 g/mol. The highest BCUT2D eigenvalue weighted by molar-refractivity contribution is 4.70. The maximum atomic E-state index is 8.57. The summed E-state index contributed by atoms with van der Waals surface area (Å²) in [6, 6.07) is 0. The maximum absolute atomic E-state index is 8.57. The van der Waals surface area contributed by atoms with Gasteiger partial charge in [0.25, 0.3) is 0 Å². The molecule has 1 fully saturated rings. The summed E-state index contributed by atoms with van der Waals surface area (Å²) in [5.41, 5.74) is 0. The van der Waals surface area contributed by atoms with Crippen molar-refractivity contribution in [1.82, 2.24) is 10.2 Å². The van der Waals surface area contributed by atoms with Crippen molar-refractivity contribution in [3.63, 3.8) is 0 Å². The molecule has 3 nitrogen and oxygen atoms in total. The largest absolute Gasteiger partial charge is 0.374 e. The first-order chi connectivity index (χ1) is 4.33. The average molecular weight is 129 g/mol. The minimum Gasteiger partial charge on any atom is -0.374 e. The number of aliphatic hydroxyl groups is 1. The number of rotatable bonds is 1. The number of hydrogen-bond acceptors (Lipinski definition) is 3. The van der Waals surface area contributed by atoms with Gasteiger partial charge in [0.2, 0.25) is 0 Å². The summed E-state index contributed by atoms with van der Waals surface area (Å²) < 4.78 is 0. The van der Waals surface area contributed by atoms with Gasteiger partial charge in [0, 0.05) is 13.1 Å². The van der Waals surface area contributed by atoms with Gasteiger partial charge in [-0.05, 0) is 5.92 Å². The van der Waals surface area contributed by atoms with Crippen molar-refractivity contribution < 1.29 is 5.11 Å². The molecule has 1 saturated heterocycles. The van der Waals surface area contributed by atoms with Crippen LogP contribution < -0.4 is 5.32 Å². The standard InChI is InChI=1S/C6H13N2O/c1-6-2-7-4-8(3-6)5-9/h5-7,9H,2-4H2,1H3. The molecule has 0 spiro atoms. The quantitative estimate of drug-likeness (QED) is 0.522. The second kappa shape index (κ2) is 3.15. The Morgan fingerprint density at radius 1 is 1.78 bits per heavy atom. The molecule has 1 heterocycles. The van der Waals surface area contributed by atoms with Gasteiger partial charge < -0.3 is 10.4 Å². The third kappa shape index (κ3) is 1.93. The average Bonchev–Trinajstić information content (AvgIpc) is 1.88. The molecule has 9 heavy (non-hydrogen) atoms. The maximum Gasteiger partial charge on any atom is 0.148 e. The highest BCUT2D eigenvalue weighted by Crippen LogP contribution is 2.02. The van der Waals surface area contributed by atoms with Crippen molar-refractivity contribution in [3.05, 3.63) is 6.73 Å². The van der Waals surface area contributed by atoms with Crippen LogP contribution in [-0.2, 0) is 0 Å². The molecule has 0 amide bonds. The number of aliphatic hydroxyl groups excluding tert-OH is 1. The van der Waals surface area contributed by atoms with Crippen molar-refractivity contribution in [3.8, 4) is 0 Å². The van der Waals surface area contributed by atoms with E-state index in [1.54, 1.807) is 0 Å². The lowest BCUT2D eigenvalue weighted by Crippen LogP contribution is -2.44. The van der Waals surface area contributed by atoms with Gasteiger partial charge in [-0.25, -0.2) is 0 Å². The van der Waals surface area contributed by atoms with Gasteiger partial charge >= 0.3 is 0 Å². The van der Waals surface area contributed by atoms with E-state index < -0.39 is 0 Å². The number of nitrogens with one attached hydrogen (secondary N) is 1. The lowest BCUT2D eigenvalue weighted by molar-refractivity contribution is 0.128. The van der Waals surface area contributed by atoms with E-state index in [0.717, 1.165) is 26.5 Å². The summed E-state index contributed by atoms with van der Waals surface area (Å²) >= 11 is 0. The van der Waals surface area contributed by atoms with E-state index in [2.05, 4.69) is 12.2 Å². The van der Waals surface area contributed by atoms with Crippen LogP contribution in [0.1, 0.15) is 6.92 Å². The van der Waals surface area contributed by atoms with Gasteiger partial charge in [0.1, 0.15) is 6.73 Å². The molecule has 1 aliphatic heterocycles. The van der Waals surface area contributed by atoms with Crippen molar-refractivity contribution in [2.24, 2.45) is 5.92 Å². The lowest BCUT2D eigenvalue weighted by atomic mass is 10.1. The van der Waals surface area contributed by atoms with Crippen LogP contribution in [0.25, 0.3) is 0 Å². The van der Waals surface area contributed by atoms with E-state index in [9.17, 15) is 0 Å². The highest BCUT2D eigenvalue weighted by Gasteiger charge is 2.13. The summed E-state index contributed by atoms with van der Waals surface area (Å²) in [6.07, 6.45) is 0. The van der Waals surface area contributed by atoms with E-state index in [0.29, 0.717) is 5.92 Å². The Balaban J connectivity index is 2.23. The molecule has 1 radical (unpaired) electrons. The third-order valence-corrected chi connectivity index (χ3v) is 1.52. The molecule has 2 N–H and O–H groups in total. The van der Waals surface area contributed by atoms with Crippen LogP contribution in [0.3, 0.4) is 0 Å². The topological polar surface area (TPSA) is 35.5 Å². The summed E-state index contributed by atoms with van der Waals surface area (Å²) in [5.74, 6) is 0.641. The van der Waals surface area contributed by atoms with Crippen LogP contribution in [0.4, 0.5) is 0 Å². The first-order valence-corrected chi connectivity index (χ1v) is 3.25. The van der Waals surface area contributed by atoms with E-state index in [1.165, 1.54) is 0 Å². The molecule has 1 aliphatic rings. The van der Waals surface area contributed by atoms with Gasteiger partial charge in [-0.3, -0.25) is 4.90 Å². The van der Waals surface area contributed by atoms with Crippen molar-refractivity contribution in [1.29, 1.82) is 0 Å². The molecular formula is C6H13N2O. The molecule has 0 aromatic rings. The van der Waals surface area contributed by atoms with Gasteiger partial charge in [-0.1, -0.05) is 6.92 Å². The molecule has 0 aromatic heterocycles. The zero-order valence-corrected chi connectivity index (χ0v) is 5.67. The molecule has 1 atom stereocenters. The fraction of sp³-hybridized carbons (Fsp3) is 0.833. The number of nitrogens with zero attached hydrogens (tertiary/aromatic N) is 1. The normalized spacial score (nSPS) is 30.7. The van der Waals surface area contributed by atoms with Crippen LogP contribution in [-0.4, -0.2) is 29.8 Å². The Bertz CT molecular complexity index is 87.1. The van der Waals surface area contributed by atoms with Crippen LogP contribution in [0.15, 0.2) is 0 Å². The van der Waals surface area contributed by atoms with Crippen molar-refractivity contribution >= 4 is 0 Å². The second-order valence-corrected chi connectivity index (χ2v) is 2.60. The van der Waals surface area contributed by atoms with E-state index in [1.807, 2.05) is 4.90 Å². The Hall–Kier alpha value is -0.120. The molecule has 0 aliphatic carbocycles. The minimum atomic E-state index is 0.641. The second-order valence-electron chi connectivity index (χ2n) is 2.60. The van der Waals surface area contributed by atoms with E-state index in [-0.39, 0.29) is 0 Å². The highest BCUT2D eigenvalue weighted by atomic mass is 16.3. The smallest absolute Gasteiger partial charge is 0.148 e. The molecule has 0 saturated carbocycles. The summed E-state index contributed by atoms with van der Waals surface area (Å²) in [5, 5.41) is 11.7. The first kappa shape index (κ1) is 6.99. The van der Waals surface area contributed by atoms with Crippen LogP contribution in [0.2, 0.25) is 0 Å². The molecular weight excluding hydrogens is 116 g/mol. The molecule has 1 unspecified atom stereocenters. The minimum absolute atomic E-state index is 0.641. The SMILES string of the molecule is CC1CNCN([CH]O)C1. The van der Waals surface area contributed by atoms with Crippen LogP contribution >= 0.6 is 0 Å². The molecule has 3 heteroatoms. The summed E-state index contributed by atoms with van der Waals surface area (Å²) in [6.45, 7) is 6.10. The third-order valence-electron chi connectivity index (χ3n) is 1.52. The van der Waals surface area contributed by atoms with E-state index >= 15 is 0 Å². The van der Waals surface area contributed by atoms with Gasteiger partial charge in [-0.2, -0.15) is 0 Å². The first-order valence-electron chi connectivity index (χ1n) is 3.25. The fourth-order valence-corrected chi connectivity index (χ4v) is 1.07. The Morgan fingerprint density at radius 2 is 2.56 bits per heavy atom.